The van der Waals surface area contributed by atoms with Crippen LogP contribution in [0.5, 0.6) is 0 Å². The van der Waals surface area contributed by atoms with Crippen LogP contribution in [0.2, 0.25) is 0 Å². The minimum Gasteiger partial charge on any atom is -0.392 e. The molecule has 2 aliphatic rings. The summed E-state index contributed by atoms with van der Waals surface area (Å²) in [6.07, 6.45) is 1.82. The zero-order chi connectivity index (χ0) is 16.6. The van der Waals surface area contributed by atoms with Crippen molar-refractivity contribution >= 4 is 10.0 Å². The molecular formula is C15H20F2N2O3S. The molecule has 0 aliphatic carbocycles. The molecule has 8 heteroatoms. The standard InChI is InChI=1S/C15H20F2N2O3S/c16-14-2-1-13(9-15(14)17)23(21,22)19-7-3-11(4-8-19)18-6-5-12(20)10-18/h1-2,9,11-12,20H,3-8,10H2. The molecule has 2 saturated heterocycles. The largest absolute Gasteiger partial charge is 0.392 e. The van der Waals surface area contributed by atoms with Crippen LogP contribution in [-0.2, 0) is 10.0 Å². The molecule has 2 aliphatic heterocycles. The van der Waals surface area contributed by atoms with Crippen LogP contribution in [0.1, 0.15) is 19.3 Å². The molecule has 1 atom stereocenters. The predicted octanol–water partition coefficient (Wildman–Crippen LogP) is 1.18. The number of hydrogen-bond acceptors (Lipinski definition) is 4. The highest BCUT2D eigenvalue weighted by molar-refractivity contribution is 7.89. The summed E-state index contributed by atoms with van der Waals surface area (Å²) in [5.74, 6) is -2.22. The van der Waals surface area contributed by atoms with Gasteiger partial charge in [-0.1, -0.05) is 0 Å². The average Bonchev–Trinajstić information content (AvgIpc) is 2.96. The van der Waals surface area contributed by atoms with E-state index >= 15 is 0 Å². The number of piperidine rings is 1. The Labute approximate surface area is 134 Å². The first-order valence-electron chi connectivity index (χ1n) is 7.75. The van der Waals surface area contributed by atoms with Crippen molar-refractivity contribution in [2.24, 2.45) is 0 Å². The molecule has 0 spiro atoms. The number of nitrogens with zero attached hydrogens (tertiary/aromatic N) is 2. The summed E-state index contributed by atoms with van der Waals surface area (Å²) in [7, 11) is -3.80. The number of benzene rings is 1. The number of aliphatic hydroxyl groups excluding tert-OH is 1. The van der Waals surface area contributed by atoms with Gasteiger partial charge in [-0.2, -0.15) is 4.31 Å². The zero-order valence-electron chi connectivity index (χ0n) is 12.7. The fourth-order valence-corrected chi connectivity index (χ4v) is 4.82. The number of halogens is 2. The summed E-state index contributed by atoms with van der Waals surface area (Å²) in [6, 6.07) is 2.92. The second-order valence-corrected chi connectivity index (χ2v) is 8.09. The number of likely N-dealkylation sites (tertiary alicyclic amines) is 1. The molecule has 0 saturated carbocycles. The first kappa shape index (κ1) is 16.8. The van der Waals surface area contributed by atoms with Crippen LogP contribution in [0.3, 0.4) is 0 Å². The Morgan fingerprint density at radius 3 is 2.30 bits per heavy atom. The molecule has 1 N–H and O–H groups in total. The summed E-state index contributed by atoms with van der Waals surface area (Å²) in [4.78, 5) is 1.98. The predicted molar refractivity (Wildman–Crippen MR) is 80.3 cm³/mol. The Morgan fingerprint density at radius 1 is 1.04 bits per heavy atom. The third kappa shape index (κ3) is 3.40. The number of β-amino-alcohol motifs (C(OH)–C–C–N with tert-alkyl or cyclic N) is 1. The number of aliphatic hydroxyl groups is 1. The van der Waals surface area contributed by atoms with Crippen molar-refractivity contribution in [2.45, 2.75) is 36.3 Å². The highest BCUT2D eigenvalue weighted by Crippen LogP contribution is 2.26. The van der Waals surface area contributed by atoms with E-state index in [1.165, 1.54) is 4.31 Å². The Hall–Kier alpha value is -1.09. The molecule has 0 bridgehead atoms. The normalized spacial score (nSPS) is 25.1. The van der Waals surface area contributed by atoms with E-state index in [0.717, 1.165) is 31.2 Å². The summed E-state index contributed by atoms with van der Waals surface area (Å²) in [5.41, 5.74) is 0. The zero-order valence-corrected chi connectivity index (χ0v) is 13.5. The van der Waals surface area contributed by atoms with E-state index in [0.29, 0.717) is 32.5 Å². The lowest BCUT2D eigenvalue weighted by Crippen LogP contribution is -2.46. The molecule has 2 heterocycles. The van der Waals surface area contributed by atoms with Gasteiger partial charge in [0.1, 0.15) is 0 Å². The monoisotopic (exact) mass is 346 g/mol. The summed E-state index contributed by atoms with van der Waals surface area (Å²) < 4.78 is 52.6. The summed E-state index contributed by atoms with van der Waals surface area (Å²) in [6.45, 7) is 2.17. The van der Waals surface area contributed by atoms with Crippen molar-refractivity contribution in [2.75, 3.05) is 26.2 Å². The minimum absolute atomic E-state index is 0.216. The second-order valence-electron chi connectivity index (χ2n) is 6.15. The number of sulfonamides is 1. The molecule has 0 radical (unpaired) electrons. The van der Waals surface area contributed by atoms with E-state index in [1.54, 1.807) is 0 Å². The van der Waals surface area contributed by atoms with E-state index in [2.05, 4.69) is 4.90 Å². The van der Waals surface area contributed by atoms with Gasteiger partial charge in [-0.25, -0.2) is 17.2 Å². The maximum Gasteiger partial charge on any atom is 0.243 e. The minimum atomic E-state index is -3.80. The Morgan fingerprint density at radius 2 is 1.74 bits per heavy atom. The van der Waals surface area contributed by atoms with Crippen molar-refractivity contribution < 1.29 is 22.3 Å². The van der Waals surface area contributed by atoms with E-state index in [-0.39, 0.29) is 17.0 Å². The molecule has 1 aromatic rings. The van der Waals surface area contributed by atoms with E-state index in [4.69, 9.17) is 0 Å². The third-order valence-electron chi connectivity index (χ3n) is 4.66. The van der Waals surface area contributed by atoms with Gasteiger partial charge >= 0.3 is 0 Å². The lowest BCUT2D eigenvalue weighted by Gasteiger charge is -2.36. The van der Waals surface area contributed by atoms with Gasteiger partial charge in [0.2, 0.25) is 10.0 Å². The van der Waals surface area contributed by atoms with Gasteiger partial charge < -0.3 is 5.11 Å². The summed E-state index contributed by atoms with van der Waals surface area (Å²) in [5, 5.41) is 9.59. The topological polar surface area (TPSA) is 60.9 Å². The van der Waals surface area contributed by atoms with Crippen LogP contribution in [0.4, 0.5) is 8.78 Å². The SMILES string of the molecule is O=S(=O)(c1ccc(F)c(F)c1)N1CCC(N2CCC(O)C2)CC1. The van der Waals surface area contributed by atoms with Crippen LogP contribution < -0.4 is 0 Å². The van der Waals surface area contributed by atoms with Crippen molar-refractivity contribution in [3.05, 3.63) is 29.8 Å². The highest BCUT2D eigenvalue weighted by atomic mass is 32.2. The van der Waals surface area contributed by atoms with Crippen LogP contribution >= 0.6 is 0 Å². The number of rotatable bonds is 3. The molecule has 0 aromatic heterocycles. The Bertz CT molecular complexity index is 675. The molecule has 23 heavy (non-hydrogen) atoms. The van der Waals surface area contributed by atoms with Gasteiger partial charge in [-0.3, -0.25) is 4.90 Å². The Balaban J connectivity index is 1.67. The molecule has 128 valence electrons. The smallest absolute Gasteiger partial charge is 0.243 e. The molecule has 1 unspecified atom stereocenters. The molecular weight excluding hydrogens is 326 g/mol. The second kappa shape index (κ2) is 6.43. The molecule has 5 nitrogen and oxygen atoms in total. The van der Waals surface area contributed by atoms with Crippen LogP contribution in [0.15, 0.2) is 23.1 Å². The fourth-order valence-electron chi connectivity index (χ4n) is 3.33. The molecule has 2 fully saturated rings. The van der Waals surface area contributed by atoms with Gasteiger partial charge in [0.15, 0.2) is 11.6 Å². The highest BCUT2D eigenvalue weighted by Gasteiger charge is 2.34. The van der Waals surface area contributed by atoms with Crippen molar-refractivity contribution in [1.82, 2.24) is 9.21 Å². The van der Waals surface area contributed by atoms with Crippen LogP contribution in [0.25, 0.3) is 0 Å². The molecule has 3 rings (SSSR count). The third-order valence-corrected chi connectivity index (χ3v) is 6.56. The first-order valence-corrected chi connectivity index (χ1v) is 9.19. The maximum atomic E-state index is 13.3. The lowest BCUT2D eigenvalue weighted by molar-refractivity contribution is 0.132. The van der Waals surface area contributed by atoms with Crippen molar-refractivity contribution in [3.8, 4) is 0 Å². The van der Waals surface area contributed by atoms with Gasteiger partial charge in [0.25, 0.3) is 0 Å². The van der Waals surface area contributed by atoms with E-state index in [1.807, 2.05) is 0 Å². The lowest BCUT2D eigenvalue weighted by atomic mass is 10.1. The van der Waals surface area contributed by atoms with Gasteiger partial charge in [-0.15, -0.1) is 0 Å². The summed E-state index contributed by atoms with van der Waals surface area (Å²) >= 11 is 0. The quantitative estimate of drug-likeness (QED) is 0.893. The fraction of sp³-hybridized carbons (Fsp3) is 0.600. The molecule has 1 aromatic carbocycles. The Kier molecular flexibility index (Phi) is 4.68. The van der Waals surface area contributed by atoms with Crippen LogP contribution in [0, 0.1) is 11.6 Å². The van der Waals surface area contributed by atoms with E-state index < -0.39 is 21.7 Å². The van der Waals surface area contributed by atoms with Crippen LogP contribution in [-0.4, -0.2) is 61.1 Å². The van der Waals surface area contributed by atoms with Gasteiger partial charge in [0.05, 0.1) is 11.0 Å². The van der Waals surface area contributed by atoms with Gasteiger partial charge in [-0.05, 0) is 37.5 Å². The molecule has 0 amide bonds. The maximum absolute atomic E-state index is 13.3. The first-order chi connectivity index (χ1) is 10.9. The van der Waals surface area contributed by atoms with E-state index in [9.17, 15) is 22.3 Å². The van der Waals surface area contributed by atoms with Crippen molar-refractivity contribution in [3.63, 3.8) is 0 Å². The number of hydrogen-bond donors (Lipinski definition) is 1. The van der Waals surface area contributed by atoms with Crippen molar-refractivity contribution in [1.29, 1.82) is 0 Å². The van der Waals surface area contributed by atoms with Gasteiger partial charge in [0, 0.05) is 32.2 Å². The average molecular weight is 346 g/mol.